The molecule has 0 radical (unpaired) electrons. The van der Waals surface area contributed by atoms with Gasteiger partial charge in [0, 0.05) is 18.6 Å². The number of methoxy groups -OCH3 is 2. The van der Waals surface area contributed by atoms with Crippen LogP contribution in [0.1, 0.15) is 20.3 Å². The number of hydrogen-bond acceptors (Lipinski definition) is 5. The van der Waals surface area contributed by atoms with Crippen LogP contribution in [0.25, 0.3) is 0 Å². The van der Waals surface area contributed by atoms with Crippen molar-refractivity contribution < 1.29 is 18.9 Å². The molecule has 0 aliphatic rings. The van der Waals surface area contributed by atoms with Crippen molar-refractivity contribution in [3.05, 3.63) is 18.2 Å². The van der Waals surface area contributed by atoms with Crippen molar-refractivity contribution in [2.24, 2.45) is 5.73 Å². The Bertz CT molecular complexity index is 379. The Morgan fingerprint density at radius 1 is 1.05 bits per heavy atom. The third-order valence-corrected chi connectivity index (χ3v) is 2.54. The minimum absolute atomic E-state index is 0.299. The first kappa shape index (κ1) is 16.6. The van der Waals surface area contributed by atoms with Gasteiger partial charge in [0.1, 0.15) is 0 Å². The zero-order valence-electron chi connectivity index (χ0n) is 12.8. The van der Waals surface area contributed by atoms with Gasteiger partial charge >= 0.3 is 0 Å². The van der Waals surface area contributed by atoms with Gasteiger partial charge in [-0.25, -0.2) is 0 Å². The fraction of sp³-hybridized carbons (Fsp3) is 0.600. The Balaban J connectivity index is 2.38. The van der Waals surface area contributed by atoms with Gasteiger partial charge in [-0.15, -0.1) is 0 Å². The molecule has 5 heteroatoms. The molecular formula is C15H25NO4. The van der Waals surface area contributed by atoms with Crippen molar-refractivity contribution in [1.29, 1.82) is 0 Å². The number of para-hydroxylation sites is 1. The first-order valence-corrected chi connectivity index (χ1v) is 6.68. The number of nitrogens with two attached hydrogens (primary N) is 1. The van der Waals surface area contributed by atoms with Crippen molar-refractivity contribution in [2.75, 3.05) is 34.0 Å². The van der Waals surface area contributed by atoms with E-state index in [4.69, 9.17) is 24.7 Å². The fourth-order valence-corrected chi connectivity index (χ4v) is 1.63. The van der Waals surface area contributed by atoms with Crippen molar-refractivity contribution in [2.45, 2.75) is 25.8 Å². The average molecular weight is 283 g/mol. The lowest BCUT2D eigenvalue weighted by atomic mass is 10.1. The highest BCUT2D eigenvalue weighted by Crippen LogP contribution is 2.36. The minimum Gasteiger partial charge on any atom is -0.493 e. The second-order valence-electron chi connectivity index (χ2n) is 5.23. The summed E-state index contributed by atoms with van der Waals surface area (Å²) in [5.41, 5.74) is 5.53. The monoisotopic (exact) mass is 283 g/mol. The Kier molecular flexibility index (Phi) is 6.61. The first-order valence-electron chi connectivity index (χ1n) is 6.68. The Labute approximate surface area is 121 Å². The quantitative estimate of drug-likeness (QED) is 0.704. The summed E-state index contributed by atoms with van der Waals surface area (Å²) in [6.07, 6.45) is 0.775. The van der Waals surface area contributed by atoms with Crippen LogP contribution < -0.4 is 19.9 Å². The molecule has 1 aromatic rings. The van der Waals surface area contributed by atoms with Gasteiger partial charge in [-0.1, -0.05) is 6.07 Å². The SMILES string of the molecule is COc1cccc(OC)c1OCCCOCC(C)(C)N. The molecule has 2 N–H and O–H groups in total. The molecule has 0 heterocycles. The van der Waals surface area contributed by atoms with E-state index in [1.807, 2.05) is 32.0 Å². The topological polar surface area (TPSA) is 62.9 Å². The summed E-state index contributed by atoms with van der Waals surface area (Å²) in [4.78, 5) is 0. The molecular weight excluding hydrogens is 258 g/mol. The van der Waals surface area contributed by atoms with Gasteiger partial charge in [0.2, 0.25) is 5.75 Å². The van der Waals surface area contributed by atoms with E-state index in [0.29, 0.717) is 37.1 Å². The molecule has 0 fully saturated rings. The van der Waals surface area contributed by atoms with Gasteiger partial charge in [-0.2, -0.15) is 0 Å². The lowest BCUT2D eigenvalue weighted by molar-refractivity contribution is 0.0864. The second kappa shape index (κ2) is 7.97. The van der Waals surface area contributed by atoms with Crippen LogP contribution in [0.5, 0.6) is 17.2 Å². The zero-order chi connectivity index (χ0) is 15.0. The molecule has 0 atom stereocenters. The van der Waals surface area contributed by atoms with E-state index in [0.717, 1.165) is 6.42 Å². The number of ether oxygens (including phenoxy) is 4. The maximum absolute atomic E-state index is 5.83. The van der Waals surface area contributed by atoms with E-state index in [9.17, 15) is 0 Å². The zero-order valence-corrected chi connectivity index (χ0v) is 12.8. The fourth-order valence-electron chi connectivity index (χ4n) is 1.63. The van der Waals surface area contributed by atoms with Crippen LogP contribution in [0.15, 0.2) is 18.2 Å². The summed E-state index contributed by atoms with van der Waals surface area (Å²) < 4.78 is 21.7. The number of hydrogen-bond donors (Lipinski definition) is 1. The Hall–Kier alpha value is -1.46. The normalized spacial score (nSPS) is 11.2. The number of rotatable bonds is 9. The summed E-state index contributed by atoms with van der Waals surface area (Å²) in [5.74, 6) is 1.94. The van der Waals surface area contributed by atoms with Crippen LogP contribution in [0.3, 0.4) is 0 Å². The molecule has 0 bridgehead atoms. The lowest BCUT2D eigenvalue weighted by Crippen LogP contribution is -2.37. The maximum atomic E-state index is 5.83. The van der Waals surface area contributed by atoms with Crippen LogP contribution in [-0.2, 0) is 4.74 Å². The average Bonchev–Trinajstić information content (AvgIpc) is 2.41. The maximum Gasteiger partial charge on any atom is 0.203 e. The molecule has 0 aliphatic carbocycles. The molecule has 0 saturated carbocycles. The predicted molar refractivity (Wildman–Crippen MR) is 78.7 cm³/mol. The van der Waals surface area contributed by atoms with Gasteiger partial charge < -0.3 is 24.7 Å². The van der Waals surface area contributed by atoms with Crippen LogP contribution in [0.4, 0.5) is 0 Å². The Morgan fingerprint density at radius 2 is 1.65 bits per heavy atom. The van der Waals surface area contributed by atoms with Gasteiger partial charge in [-0.05, 0) is 26.0 Å². The van der Waals surface area contributed by atoms with E-state index in [2.05, 4.69) is 0 Å². The van der Waals surface area contributed by atoms with Gasteiger partial charge in [0.25, 0.3) is 0 Å². The molecule has 0 aromatic heterocycles. The molecule has 0 saturated heterocycles. The second-order valence-corrected chi connectivity index (χ2v) is 5.23. The summed E-state index contributed by atoms with van der Waals surface area (Å²) >= 11 is 0. The first-order chi connectivity index (χ1) is 9.48. The van der Waals surface area contributed by atoms with E-state index in [-0.39, 0.29) is 5.54 Å². The number of benzene rings is 1. The summed E-state index contributed by atoms with van der Waals surface area (Å²) in [7, 11) is 3.21. The largest absolute Gasteiger partial charge is 0.493 e. The van der Waals surface area contributed by atoms with Crippen molar-refractivity contribution in [1.82, 2.24) is 0 Å². The summed E-state index contributed by atoms with van der Waals surface area (Å²) in [6, 6.07) is 5.54. The highest BCUT2D eigenvalue weighted by molar-refractivity contribution is 5.51. The molecule has 0 spiro atoms. The standard InChI is InChI=1S/C15H25NO4/c1-15(2,16)11-19-9-6-10-20-14-12(17-3)7-5-8-13(14)18-4/h5,7-8H,6,9-11,16H2,1-4H3. The van der Waals surface area contributed by atoms with Gasteiger partial charge in [0.15, 0.2) is 11.5 Å². The highest BCUT2D eigenvalue weighted by atomic mass is 16.5. The van der Waals surface area contributed by atoms with Gasteiger partial charge in [0.05, 0.1) is 27.4 Å². The van der Waals surface area contributed by atoms with E-state index < -0.39 is 0 Å². The van der Waals surface area contributed by atoms with Crippen molar-refractivity contribution >= 4 is 0 Å². The van der Waals surface area contributed by atoms with E-state index in [1.54, 1.807) is 14.2 Å². The third-order valence-electron chi connectivity index (χ3n) is 2.54. The van der Waals surface area contributed by atoms with E-state index >= 15 is 0 Å². The lowest BCUT2D eigenvalue weighted by Gasteiger charge is -2.18. The van der Waals surface area contributed by atoms with Crippen molar-refractivity contribution in [3.63, 3.8) is 0 Å². The molecule has 1 rings (SSSR count). The van der Waals surface area contributed by atoms with Crippen molar-refractivity contribution in [3.8, 4) is 17.2 Å². The minimum atomic E-state index is -0.299. The Morgan fingerprint density at radius 3 is 2.15 bits per heavy atom. The molecule has 114 valence electrons. The molecule has 1 aromatic carbocycles. The van der Waals surface area contributed by atoms with Gasteiger partial charge in [-0.3, -0.25) is 0 Å². The smallest absolute Gasteiger partial charge is 0.203 e. The van der Waals surface area contributed by atoms with E-state index in [1.165, 1.54) is 0 Å². The summed E-state index contributed by atoms with van der Waals surface area (Å²) in [5, 5.41) is 0. The van der Waals surface area contributed by atoms with Crippen LogP contribution >= 0.6 is 0 Å². The van der Waals surface area contributed by atoms with Crippen LogP contribution in [0, 0.1) is 0 Å². The molecule has 5 nitrogen and oxygen atoms in total. The molecule has 0 aliphatic heterocycles. The summed E-state index contributed by atoms with van der Waals surface area (Å²) in [6.45, 7) is 5.54. The van der Waals surface area contributed by atoms with Crippen LogP contribution in [0.2, 0.25) is 0 Å². The predicted octanol–water partition coefficient (Wildman–Crippen LogP) is 2.23. The molecule has 0 unspecified atom stereocenters. The molecule has 20 heavy (non-hydrogen) atoms. The molecule has 0 amide bonds. The highest BCUT2D eigenvalue weighted by Gasteiger charge is 2.12. The van der Waals surface area contributed by atoms with Crippen LogP contribution in [-0.4, -0.2) is 39.6 Å². The third kappa shape index (κ3) is 5.67.